The second-order valence-electron chi connectivity index (χ2n) is 9.32. The second-order valence-corrected chi connectivity index (χ2v) is 12.4. The molecular weight excluding hydrogens is 422 g/mol. The fourth-order valence-corrected chi connectivity index (χ4v) is 9.66. The Morgan fingerprint density at radius 3 is 2.60 bits per heavy atom. The molecule has 3 aliphatic rings. The first-order valence-corrected chi connectivity index (χ1v) is 13.1. The number of nitrogens with zero attached hydrogens (tertiary/aromatic N) is 1. The van der Waals surface area contributed by atoms with Gasteiger partial charge >= 0.3 is 5.97 Å². The predicted molar refractivity (Wildman–Crippen MR) is 116 cm³/mol. The van der Waals surface area contributed by atoms with Gasteiger partial charge in [0.05, 0.1) is 29.9 Å². The van der Waals surface area contributed by atoms with Crippen LogP contribution in [-0.4, -0.2) is 54.5 Å². The van der Waals surface area contributed by atoms with E-state index in [1.54, 1.807) is 0 Å². The van der Waals surface area contributed by atoms with Gasteiger partial charge in [-0.1, -0.05) is 44.2 Å². The molecular formula is C22H29NO5S2. The average Bonchev–Trinajstić information content (AvgIpc) is 3.18. The van der Waals surface area contributed by atoms with Gasteiger partial charge in [0.15, 0.2) is 0 Å². The van der Waals surface area contributed by atoms with Gasteiger partial charge in [-0.2, -0.15) is 0 Å². The molecule has 6 nitrogen and oxygen atoms in total. The lowest BCUT2D eigenvalue weighted by atomic mass is 9.69. The van der Waals surface area contributed by atoms with Crippen LogP contribution in [0.25, 0.3) is 0 Å². The summed E-state index contributed by atoms with van der Waals surface area (Å²) in [7, 11) is -2.38. The van der Waals surface area contributed by atoms with Crippen molar-refractivity contribution in [3.8, 4) is 0 Å². The van der Waals surface area contributed by atoms with Crippen LogP contribution in [0.4, 0.5) is 0 Å². The van der Waals surface area contributed by atoms with Crippen LogP contribution < -0.4 is 0 Å². The molecule has 0 aromatic heterocycles. The minimum Gasteiger partial charge on any atom is -0.468 e. The highest BCUT2D eigenvalue weighted by atomic mass is 32.2. The topological polar surface area (TPSA) is 80.8 Å². The molecule has 164 valence electrons. The Balaban J connectivity index is 1.64. The number of carbonyl (C=O) groups excluding carboxylic acids is 2. The number of thioether (sulfide) groups is 1. The first-order chi connectivity index (χ1) is 14.1. The molecule has 30 heavy (non-hydrogen) atoms. The van der Waals surface area contributed by atoms with E-state index in [1.165, 1.54) is 23.2 Å². The van der Waals surface area contributed by atoms with Crippen molar-refractivity contribution in [3.63, 3.8) is 0 Å². The van der Waals surface area contributed by atoms with Crippen molar-refractivity contribution in [1.29, 1.82) is 0 Å². The lowest BCUT2D eigenvalue weighted by Crippen LogP contribution is -2.47. The molecule has 1 saturated heterocycles. The van der Waals surface area contributed by atoms with E-state index in [-0.39, 0.29) is 28.4 Å². The van der Waals surface area contributed by atoms with E-state index in [0.717, 1.165) is 24.8 Å². The number of hydrogen-bond acceptors (Lipinski definition) is 6. The summed E-state index contributed by atoms with van der Waals surface area (Å²) in [6.45, 7) is 4.34. The molecule has 1 amide bonds. The first kappa shape index (κ1) is 21.7. The summed E-state index contributed by atoms with van der Waals surface area (Å²) in [5, 5.41) is -0.654. The van der Waals surface area contributed by atoms with E-state index in [0.29, 0.717) is 12.3 Å². The summed E-state index contributed by atoms with van der Waals surface area (Å²) in [6.07, 6.45) is 3.01. The maximum Gasteiger partial charge on any atom is 0.315 e. The molecule has 2 bridgehead atoms. The van der Waals surface area contributed by atoms with Gasteiger partial charge in [0.2, 0.25) is 15.9 Å². The number of fused-ring (bicyclic) bond motifs is 1. The predicted octanol–water partition coefficient (Wildman–Crippen LogP) is 2.87. The molecule has 2 saturated carbocycles. The number of carbonyl (C=O) groups is 2. The van der Waals surface area contributed by atoms with Gasteiger partial charge in [-0.3, -0.25) is 9.59 Å². The van der Waals surface area contributed by atoms with Crippen LogP contribution in [0.5, 0.6) is 0 Å². The minimum absolute atomic E-state index is 0.0115. The van der Waals surface area contributed by atoms with Crippen LogP contribution in [0.2, 0.25) is 0 Å². The molecule has 4 atom stereocenters. The Kier molecular flexibility index (Phi) is 5.46. The lowest BCUT2D eigenvalue weighted by Gasteiger charge is -2.37. The van der Waals surface area contributed by atoms with Crippen LogP contribution in [0.15, 0.2) is 30.3 Å². The van der Waals surface area contributed by atoms with E-state index in [9.17, 15) is 18.0 Å². The van der Waals surface area contributed by atoms with Gasteiger partial charge < -0.3 is 4.74 Å². The average molecular weight is 452 g/mol. The summed E-state index contributed by atoms with van der Waals surface area (Å²) < 4.78 is 32.4. The number of benzene rings is 1. The molecule has 4 unspecified atom stereocenters. The number of methoxy groups -OCH3 is 1. The van der Waals surface area contributed by atoms with Crippen LogP contribution in [0.3, 0.4) is 0 Å². The number of rotatable bonds is 6. The third-order valence-corrected chi connectivity index (χ3v) is 10.9. The fourth-order valence-electron chi connectivity index (χ4n) is 5.99. The minimum atomic E-state index is -3.69. The zero-order valence-corrected chi connectivity index (χ0v) is 19.3. The number of esters is 1. The Morgan fingerprint density at radius 1 is 1.27 bits per heavy atom. The molecule has 1 aromatic carbocycles. The molecule has 0 N–H and O–H groups in total. The van der Waals surface area contributed by atoms with Crippen molar-refractivity contribution < 1.29 is 22.7 Å². The molecule has 2 aliphatic carbocycles. The summed E-state index contributed by atoms with van der Waals surface area (Å²) in [6, 6.07) is 9.25. The number of amides is 1. The van der Waals surface area contributed by atoms with Gasteiger partial charge in [-0.05, 0) is 42.6 Å². The monoisotopic (exact) mass is 451 g/mol. The third-order valence-electron chi connectivity index (χ3n) is 7.80. The molecule has 1 aromatic rings. The third kappa shape index (κ3) is 3.27. The summed E-state index contributed by atoms with van der Waals surface area (Å²) >= 11 is 1.17. The van der Waals surface area contributed by atoms with E-state index in [4.69, 9.17) is 4.74 Å². The highest BCUT2D eigenvalue weighted by Gasteiger charge is 2.72. The van der Waals surface area contributed by atoms with E-state index >= 15 is 0 Å². The number of sulfonamides is 1. The van der Waals surface area contributed by atoms with E-state index in [1.807, 2.05) is 30.3 Å². The van der Waals surface area contributed by atoms with Gasteiger partial charge in [-0.25, -0.2) is 12.7 Å². The zero-order chi connectivity index (χ0) is 21.7. The molecule has 3 fully saturated rings. The quantitative estimate of drug-likeness (QED) is 0.619. The number of hydrogen-bond donors (Lipinski definition) is 0. The molecule has 0 radical (unpaired) electrons. The van der Waals surface area contributed by atoms with Crippen LogP contribution >= 0.6 is 11.8 Å². The maximum atomic E-state index is 13.7. The molecule has 4 rings (SSSR count). The normalized spacial score (nSPS) is 31.4. The van der Waals surface area contributed by atoms with Crippen molar-refractivity contribution in [1.82, 2.24) is 4.31 Å². The lowest BCUT2D eigenvalue weighted by molar-refractivity contribution is -0.137. The fraction of sp³-hybridized carbons (Fsp3) is 0.636. The largest absolute Gasteiger partial charge is 0.468 e. The Hall–Kier alpha value is -1.54. The van der Waals surface area contributed by atoms with Gasteiger partial charge in [0, 0.05) is 5.41 Å². The maximum absolute atomic E-state index is 13.7. The van der Waals surface area contributed by atoms with Crippen molar-refractivity contribution in [2.45, 2.75) is 50.8 Å². The summed E-state index contributed by atoms with van der Waals surface area (Å²) in [5.41, 5.74) is 0.498. The molecule has 8 heteroatoms. The van der Waals surface area contributed by atoms with E-state index in [2.05, 4.69) is 13.8 Å². The zero-order valence-electron chi connectivity index (χ0n) is 17.7. The smallest absolute Gasteiger partial charge is 0.315 e. The Labute approximate surface area is 182 Å². The Bertz CT molecular complexity index is 946. The molecule has 1 spiro atoms. The van der Waals surface area contributed by atoms with Crippen LogP contribution in [0, 0.1) is 16.7 Å². The highest BCUT2D eigenvalue weighted by molar-refractivity contribution is 8.01. The summed E-state index contributed by atoms with van der Waals surface area (Å²) in [5.74, 6) is -0.300. The standard InChI is InChI=1S/C22H29NO5S2/c1-21(2)16-9-10-22(21)14-30(26,27)23(18(22)12-16)20(25)17(29-13-19(24)28-3)11-15-7-5-4-6-8-15/h4-8,16-18H,9-14H2,1-3H3. The van der Waals surface area contributed by atoms with Crippen LogP contribution in [-0.2, 0) is 30.8 Å². The SMILES string of the molecule is COC(=O)CSC(Cc1ccccc1)C(=O)N1C2CC3CCC2(CS1(=O)=O)C3(C)C. The molecule has 1 heterocycles. The van der Waals surface area contributed by atoms with Gasteiger partial charge in [0.1, 0.15) is 0 Å². The highest BCUT2D eigenvalue weighted by Crippen LogP contribution is 2.70. The Morgan fingerprint density at radius 2 is 1.97 bits per heavy atom. The van der Waals surface area contributed by atoms with Gasteiger partial charge in [0.25, 0.3) is 0 Å². The first-order valence-electron chi connectivity index (χ1n) is 10.4. The van der Waals surface area contributed by atoms with Crippen molar-refractivity contribution >= 4 is 33.7 Å². The number of ether oxygens (including phenoxy) is 1. The summed E-state index contributed by atoms with van der Waals surface area (Å²) in [4.78, 5) is 25.4. The van der Waals surface area contributed by atoms with Crippen molar-refractivity contribution in [3.05, 3.63) is 35.9 Å². The molecule has 1 aliphatic heterocycles. The second kappa shape index (κ2) is 7.55. The van der Waals surface area contributed by atoms with Crippen molar-refractivity contribution in [2.24, 2.45) is 16.7 Å². The van der Waals surface area contributed by atoms with Crippen molar-refractivity contribution in [2.75, 3.05) is 18.6 Å². The van der Waals surface area contributed by atoms with Crippen LogP contribution in [0.1, 0.15) is 38.7 Å². The van der Waals surface area contributed by atoms with Gasteiger partial charge in [-0.15, -0.1) is 11.8 Å². The van der Waals surface area contributed by atoms with E-state index < -0.39 is 27.1 Å².